The van der Waals surface area contributed by atoms with E-state index >= 15 is 0 Å². The van der Waals surface area contributed by atoms with Crippen molar-refractivity contribution >= 4 is 5.69 Å². The zero-order valence-corrected chi connectivity index (χ0v) is 12.2. The van der Waals surface area contributed by atoms with E-state index in [1.807, 2.05) is 13.0 Å². The van der Waals surface area contributed by atoms with Crippen LogP contribution >= 0.6 is 0 Å². The van der Waals surface area contributed by atoms with Gasteiger partial charge in [0.05, 0.1) is 0 Å². The fourth-order valence-corrected chi connectivity index (χ4v) is 3.02. The number of benzene rings is 1. The third-order valence-electron chi connectivity index (χ3n) is 4.18. The molecule has 1 heterocycles. The Bertz CT molecular complexity index is 419. The van der Waals surface area contributed by atoms with Gasteiger partial charge in [-0.15, -0.1) is 0 Å². The molecule has 3 heteroatoms. The average Bonchev–Trinajstić information content (AvgIpc) is 2.87. The zero-order chi connectivity index (χ0) is 13.8. The summed E-state index contributed by atoms with van der Waals surface area (Å²) in [5, 5.41) is 3.32. The Kier molecular flexibility index (Phi) is 4.81. The second kappa shape index (κ2) is 6.38. The molecule has 2 unspecified atom stereocenters. The molecule has 0 bridgehead atoms. The van der Waals surface area contributed by atoms with Gasteiger partial charge in [0.15, 0.2) is 0 Å². The maximum atomic E-state index is 14.2. The van der Waals surface area contributed by atoms with Gasteiger partial charge in [-0.25, -0.2) is 4.39 Å². The molecule has 0 amide bonds. The third-order valence-corrected chi connectivity index (χ3v) is 4.18. The lowest BCUT2D eigenvalue weighted by atomic mass is 10.0. The van der Waals surface area contributed by atoms with Gasteiger partial charge in [0.1, 0.15) is 5.82 Å². The monoisotopic (exact) mass is 264 g/mol. The van der Waals surface area contributed by atoms with E-state index in [4.69, 9.17) is 0 Å². The van der Waals surface area contributed by atoms with Crippen LogP contribution in [0.4, 0.5) is 10.1 Å². The molecule has 106 valence electrons. The summed E-state index contributed by atoms with van der Waals surface area (Å²) in [5.74, 6) is 0.663. The van der Waals surface area contributed by atoms with Crippen LogP contribution in [0.15, 0.2) is 18.2 Å². The lowest BCUT2D eigenvalue weighted by molar-refractivity contribution is 0.538. The largest absolute Gasteiger partial charge is 0.371 e. The van der Waals surface area contributed by atoms with Crippen molar-refractivity contribution < 1.29 is 4.39 Å². The van der Waals surface area contributed by atoms with Crippen LogP contribution in [0.1, 0.15) is 45.2 Å². The summed E-state index contributed by atoms with van der Waals surface area (Å²) in [4.78, 5) is 2.35. The first-order valence-corrected chi connectivity index (χ1v) is 7.44. The summed E-state index contributed by atoms with van der Waals surface area (Å²) in [5.41, 5.74) is 1.89. The van der Waals surface area contributed by atoms with Crippen molar-refractivity contribution in [1.82, 2.24) is 5.32 Å². The number of nitrogens with zero attached hydrogens (tertiary/aromatic N) is 1. The number of hydrogen-bond donors (Lipinski definition) is 1. The third kappa shape index (κ3) is 3.08. The minimum atomic E-state index is -0.0918. The quantitative estimate of drug-likeness (QED) is 0.871. The van der Waals surface area contributed by atoms with Crippen molar-refractivity contribution in [2.24, 2.45) is 5.92 Å². The van der Waals surface area contributed by atoms with Crippen LogP contribution < -0.4 is 10.2 Å². The van der Waals surface area contributed by atoms with E-state index in [1.165, 1.54) is 12.8 Å². The van der Waals surface area contributed by atoms with Gasteiger partial charge in [-0.2, -0.15) is 0 Å². The van der Waals surface area contributed by atoms with E-state index < -0.39 is 0 Å². The Hall–Kier alpha value is -1.09. The fourth-order valence-electron chi connectivity index (χ4n) is 3.02. The van der Waals surface area contributed by atoms with Crippen LogP contribution in [0.25, 0.3) is 0 Å². The van der Waals surface area contributed by atoms with E-state index in [-0.39, 0.29) is 11.9 Å². The maximum Gasteiger partial charge on any atom is 0.130 e. The van der Waals surface area contributed by atoms with Crippen molar-refractivity contribution in [3.63, 3.8) is 0 Å². The predicted octanol–water partition coefficient (Wildman–Crippen LogP) is 3.73. The molecule has 1 aromatic carbocycles. The van der Waals surface area contributed by atoms with Crippen LogP contribution in [-0.2, 0) is 0 Å². The second-order valence-corrected chi connectivity index (χ2v) is 5.46. The molecule has 1 N–H and O–H groups in total. The van der Waals surface area contributed by atoms with Gasteiger partial charge in [0.2, 0.25) is 0 Å². The minimum Gasteiger partial charge on any atom is -0.371 e. The predicted molar refractivity (Wildman–Crippen MR) is 79.1 cm³/mol. The Labute approximate surface area is 116 Å². The smallest absolute Gasteiger partial charge is 0.130 e. The van der Waals surface area contributed by atoms with Gasteiger partial charge in [-0.1, -0.05) is 26.3 Å². The van der Waals surface area contributed by atoms with Crippen LogP contribution in [0.5, 0.6) is 0 Å². The van der Waals surface area contributed by atoms with Crippen molar-refractivity contribution in [2.75, 3.05) is 24.5 Å². The van der Waals surface area contributed by atoms with Gasteiger partial charge in [-0.3, -0.25) is 0 Å². The van der Waals surface area contributed by atoms with Gasteiger partial charge >= 0.3 is 0 Å². The molecule has 19 heavy (non-hydrogen) atoms. The van der Waals surface area contributed by atoms with Crippen molar-refractivity contribution in [1.29, 1.82) is 0 Å². The molecule has 2 rings (SSSR count). The first kappa shape index (κ1) is 14.3. The van der Waals surface area contributed by atoms with Crippen LogP contribution in [-0.4, -0.2) is 19.6 Å². The van der Waals surface area contributed by atoms with Crippen LogP contribution in [0.2, 0.25) is 0 Å². The summed E-state index contributed by atoms with van der Waals surface area (Å²) in [6.45, 7) is 9.30. The molecule has 0 radical (unpaired) electrons. The van der Waals surface area contributed by atoms with Gasteiger partial charge in [-0.05, 0) is 37.9 Å². The first-order valence-electron chi connectivity index (χ1n) is 7.44. The van der Waals surface area contributed by atoms with Gasteiger partial charge in [0.25, 0.3) is 0 Å². The maximum absolute atomic E-state index is 14.2. The molecule has 0 spiro atoms. The van der Waals surface area contributed by atoms with Gasteiger partial charge in [0, 0.05) is 30.4 Å². The fraction of sp³-hybridized carbons (Fsp3) is 0.625. The minimum absolute atomic E-state index is 0.0573. The SMILES string of the molecule is CCNC(C)c1c(F)cccc1N1CCC(CC)C1. The van der Waals surface area contributed by atoms with Crippen molar-refractivity contribution in [3.05, 3.63) is 29.6 Å². The molecule has 1 aliphatic heterocycles. The first-order chi connectivity index (χ1) is 9.17. The number of hydrogen-bond acceptors (Lipinski definition) is 2. The highest BCUT2D eigenvalue weighted by molar-refractivity contribution is 5.56. The summed E-state index contributed by atoms with van der Waals surface area (Å²) in [6, 6.07) is 5.51. The lowest BCUT2D eigenvalue weighted by Crippen LogP contribution is -2.25. The summed E-state index contributed by atoms with van der Waals surface area (Å²) >= 11 is 0. The summed E-state index contributed by atoms with van der Waals surface area (Å²) in [7, 11) is 0. The van der Waals surface area contributed by atoms with Crippen LogP contribution in [0, 0.1) is 11.7 Å². The average molecular weight is 264 g/mol. The van der Waals surface area contributed by atoms with E-state index in [9.17, 15) is 4.39 Å². The molecular formula is C16H25FN2. The van der Waals surface area contributed by atoms with Crippen molar-refractivity contribution in [2.45, 2.75) is 39.7 Å². The van der Waals surface area contributed by atoms with Crippen molar-refractivity contribution in [3.8, 4) is 0 Å². The molecule has 2 atom stereocenters. The summed E-state index contributed by atoms with van der Waals surface area (Å²) < 4.78 is 14.2. The lowest BCUT2D eigenvalue weighted by Gasteiger charge is -2.25. The Morgan fingerprint density at radius 3 is 2.84 bits per heavy atom. The normalized spacial score (nSPS) is 20.8. The number of halogens is 1. The van der Waals surface area contributed by atoms with E-state index in [0.29, 0.717) is 0 Å². The Morgan fingerprint density at radius 1 is 1.42 bits per heavy atom. The standard InChI is InChI=1S/C16H25FN2/c1-4-13-9-10-19(11-13)15-8-6-7-14(17)16(15)12(3)18-5-2/h6-8,12-13,18H,4-5,9-11H2,1-3H3. The molecule has 1 fully saturated rings. The van der Waals surface area contributed by atoms with Crippen LogP contribution in [0.3, 0.4) is 0 Å². The molecule has 0 aromatic heterocycles. The molecule has 2 nitrogen and oxygen atoms in total. The second-order valence-electron chi connectivity index (χ2n) is 5.46. The highest BCUT2D eigenvalue weighted by atomic mass is 19.1. The Morgan fingerprint density at radius 2 is 2.21 bits per heavy atom. The number of anilines is 1. The summed E-state index contributed by atoms with van der Waals surface area (Å²) in [6.07, 6.45) is 2.44. The van der Waals surface area contributed by atoms with E-state index in [1.54, 1.807) is 6.07 Å². The highest BCUT2D eigenvalue weighted by Crippen LogP contribution is 2.33. The topological polar surface area (TPSA) is 15.3 Å². The van der Waals surface area contributed by atoms with Gasteiger partial charge < -0.3 is 10.2 Å². The van der Waals surface area contributed by atoms with E-state index in [0.717, 1.165) is 36.8 Å². The number of rotatable bonds is 5. The molecule has 1 aliphatic rings. The molecular weight excluding hydrogens is 239 g/mol. The Balaban J connectivity index is 2.27. The molecule has 0 aliphatic carbocycles. The molecule has 1 aromatic rings. The number of nitrogens with one attached hydrogen (secondary N) is 1. The molecule has 0 saturated carbocycles. The van der Waals surface area contributed by atoms with E-state index in [2.05, 4.69) is 30.1 Å². The zero-order valence-electron chi connectivity index (χ0n) is 12.2. The highest BCUT2D eigenvalue weighted by Gasteiger charge is 2.25. The molecule has 1 saturated heterocycles.